The van der Waals surface area contributed by atoms with Gasteiger partial charge in [-0.3, -0.25) is 5.10 Å². The maximum Gasteiger partial charge on any atom is 0.191 e. The normalized spacial score (nSPS) is 13.3. The van der Waals surface area contributed by atoms with Gasteiger partial charge < -0.3 is 24.9 Å². The lowest BCUT2D eigenvalue weighted by molar-refractivity contribution is 0.0386. The zero-order valence-corrected chi connectivity index (χ0v) is 19.5. The summed E-state index contributed by atoms with van der Waals surface area (Å²) in [6.45, 7) is 4.88. The van der Waals surface area contributed by atoms with Crippen LogP contribution in [0.2, 0.25) is 0 Å². The van der Waals surface area contributed by atoms with E-state index < -0.39 is 5.60 Å². The molecule has 2 heterocycles. The highest BCUT2D eigenvalue weighted by molar-refractivity contribution is 14.0. The quantitative estimate of drug-likeness (QED) is 0.202. The Morgan fingerprint density at radius 3 is 2.67 bits per heavy atom. The summed E-state index contributed by atoms with van der Waals surface area (Å²) in [4.78, 5) is 8.98. The van der Waals surface area contributed by atoms with Gasteiger partial charge in [0, 0.05) is 12.1 Å². The van der Waals surface area contributed by atoms with E-state index in [0.29, 0.717) is 36.5 Å². The Balaban J connectivity index is 0.00000320. The number of halogens is 1. The molecule has 1 unspecified atom stereocenters. The van der Waals surface area contributed by atoms with Gasteiger partial charge in [-0.1, -0.05) is 0 Å². The molecule has 10 heteroatoms. The largest absolute Gasteiger partial charge is 0.497 e. The van der Waals surface area contributed by atoms with Crippen LogP contribution in [0, 0.1) is 0 Å². The fraction of sp³-hybridized carbons (Fsp3) is 0.350. The summed E-state index contributed by atoms with van der Waals surface area (Å²) in [7, 11) is 1.63. The Kier molecular flexibility index (Phi) is 8.66. The standard InChI is InChI=1S/C20H26N6O3.HI/c1-4-21-19(23-13-20(2,27)16-6-5-11-29-16)22-12-17-24-18(26-25-17)14-7-9-15(28-3)10-8-14;/h5-11,27H,4,12-13H2,1-3H3,(H2,21,22,23)(H,24,25,26);1H. The number of furan rings is 1. The minimum atomic E-state index is -1.16. The molecule has 0 saturated carbocycles. The Morgan fingerprint density at radius 2 is 2.03 bits per heavy atom. The lowest BCUT2D eigenvalue weighted by atomic mass is 10.0. The number of hydrogen-bond acceptors (Lipinski definition) is 6. The molecule has 0 aliphatic rings. The van der Waals surface area contributed by atoms with Crippen molar-refractivity contribution in [1.82, 2.24) is 25.8 Å². The number of H-pyrrole nitrogens is 1. The third-order valence-corrected chi connectivity index (χ3v) is 4.26. The molecule has 4 N–H and O–H groups in total. The summed E-state index contributed by atoms with van der Waals surface area (Å²) >= 11 is 0. The smallest absolute Gasteiger partial charge is 0.191 e. The molecule has 0 amide bonds. The van der Waals surface area contributed by atoms with Gasteiger partial charge in [0.1, 0.15) is 29.5 Å². The van der Waals surface area contributed by atoms with E-state index in [1.807, 2.05) is 31.2 Å². The predicted molar refractivity (Wildman–Crippen MR) is 125 cm³/mol. The Labute approximate surface area is 192 Å². The number of aliphatic imine (C=N–C) groups is 1. The van der Waals surface area contributed by atoms with Crippen molar-refractivity contribution in [3.8, 4) is 17.1 Å². The maximum atomic E-state index is 10.6. The van der Waals surface area contributed by atoms with E-state index in [1.54, 1.807) is 26.2 Å². The molecule has 2 aromatic heterocycles. The van der Waals surface area contributed by atoms with E-state index in [1.165, 1.54) is 6.26 Å². The number of nitrogens with one attached hydrogen (secondary N) is 3. The van der Waals surface area contributed by atoms with Crippen LogP contribution in [0.15, 0.2) is 52.1 Å². The topological polar surface area (TPSA) is 121 Å². The second-order valence-corrected chi connectivity index (χ2v) is 6.63. The first-order valence-electron chi connectivity index (χ1n) is 9.36. The highest BCUT2D eigenvalue weighted by Gasteiger charge is 2.26. The zero-order chi connectivity index (χ0) is 20.7. The Morgan fingerprint density at radius 1 is 1.27 bits per heavy atom. The maximum absolute atomic E-state index is 10.6. The van der Waals surface area contributed by atoms with Crippen molar-refractivity contribution in [1.29, 1.82) is 0 Å². The average molecular weight is 526 g/mol. The fourth-order valence-corrected chi connectivity index (χ4v) is 2.66. The number of nitrogens with zero attached hydrogens (tertiary/aromatic N) is 3. The number of ether oxygens (including phenoxy) is 1. The molecule has 0 fully saturated rings. The van der Waals surface area contributed by atoms with Gasteiger partial charge in [-0.2, -0.15) is 5.10 Å². The first-order chi connectivity index (χ1) is 14.0. The van der Waals surface area contributed by atoms with Gasteiger partial charge in [-0.25, -0.2) is 9.98 Å². The van der Waals surface area contributed by atoms with E-state index in [4.69, 9.17) is 9.15 Å². The minimum Gasteiger partial charge on any atom is -0.497 e. The molecule has 9 nitrogen and oxygen atoms in total. The van der Waals surface area contributed by atoms with Crippen molar-refractivity contribution in [3.63, 3.8) is 0 Å². The van der Waals surface area contributed by atoms with Crippen LogP contribution in [-0.4, -0.2) is 46.4 Å². The summed E-state index contributed by atoms with van der Waals surface area (Å²) in [6.07, 6.45) is 1.54. The van der Waals surface area contributed by atoms with Gasteiger partial charge in [0.25, 0.3) is 0 Å². The van der Waals surface area contributed by atoms with Gasteiger partial charge in [0.2, 0.25) is 0 Å². The van der Waals surface area contributed by atoms with E-state index in [-0.39, 0.29) is 30.5 Å². The van der Waals surface area contributed by atoms with Crippen LogP contribution in [0.25, 0.3) is 11.4 Å². The molecule has 1 aromatic carbocycles. The van der Waals surface area contributed by atoms with Gasteiger partial charge in [-0.15, -0.1) is 24.0 Å². The Bertz CT molecular complexity index is 922. The second kappa shape index (κ2) is 11.0. The van der Waals surface area contributed by atoms with Crippen molar-refractivity contribution in [2.45, 2.75) is 26.0 Å². The van der Waals surface area contributed by atoms with Crippen LogP contribution in [0.3, 0.4) is 0 Å². The number of guanidine groups is 1. The second-order valence-electron chi connectivity index (χ2n) is 6.63. The minimum absolute atomic E-state index is 0. The number of methoxy groups -OCH3 is 1. The third-order valence-electron chi connectivity index (χ3n) is 4.26. The molecule has 3 aromatic rings. The first-order valence-corrected chi connectivity index (χ1v) is 9.36. The van der Waals surface area contributed by atoms with Crippen LogP contribution >= 0.6 is 24.0 Å². The molecule has 0 aliphatic carbocycles. The van der Waals surface area contributed by atoms with E-state index in [9.17, 15) is 5.11 Å². The molecule has 0 aliphatic heterocycles. The highest BCUT2D eigenvalue weighted by Crippen LogP contribution is 2.20. The van der Waals surface area contributed by atoms with Crippen LogP contribution in [0.4, 0.5) is 0 Å². The first kappa shape index (κ1) is 23.7. The lowest BCUT2D eigenvalue weighted by Crippen LogP contribution is -2.44. The summed E-state index contributed by atoms with van der Waals surface area (Å²) < 4.78 is 10.5. The Hall–Kier alpha value is -2.60. The average Bonchev–Trinajstić information content (AvgIpc) is 3.43. The van der Waals surface area contributed by atoms with E-state index >= 15 is 0 Å². The molecular weight excluding hydrogens is 499 g/mol. The van der Waals surface area contributed by atoms with Crippen molar-refractivity contribution < 1.29 is 14.3 Å². The molecular formula is C20H27IN6O3. The highest BCUT2D eigenvalue weighted by atomic mass is 127. The number of hydrogen-bond donors (Lipinski definition) is 4. The molecule has 162 valence electrons. The van der Waals surface area contributed by atoms with E-state index in [0.717, 1.165) is 11.3 Å². The van der Waals surface area contributed by atoms with E-state index in [2.05, 4.69) is 30.8 Å². The lowest BCUT2D eigenvalue weighted by Gasteiger charge is -2.22. The molecule has 0 saturated heterocycles. The van der Waals surface area contributed by atoms with Crippen LogP contribution < -0.4 is 15.4 Å². The summed E-state index contributed by atoms with van der Waals surface area (Å²) in [6, 6.07) is 11.0. The molecule has 0 radical (unpaired) electrons. The predicted octanol–water partition coefficient (Wildman–Crippen LogP) is 2.65. The fourth-order valence-electron chi connectivity index (χ4n) is 2.66. The van der Waals surface area contributed by atoms with Crippen LogP contribution in [0.5, 0.6) is 5.75 Å². The van der Waals surface area contributed by atoms with Crippen molar-refractivity contribution >= 4 is 29.9 Å². The van der Waals surface area contributed by atoms with Crippen molar-refractivity contribution in [3.05, 3.63) is 54.2 Å². The van der Waals surface area contributed by atoms with Crippen molar-refractivity contribution in [2.75, 3.05) is 20.2 Å². The van der Waals surface area contributed by atoms with Gasteiger partial charge in [0.05, 0.1) is 19.9 Å². The van der Waals surface area contributed by atoms with Gasteiger partial charge in [-0.05, 0) is 50.2 Å². The third kappa shape index (κ3) is 6.20. The molecule has 0 spiro atoms. The number of aromatic nitrogens is 3. The molecule has 1 atom stereocenters. The van der Waals surface area contributed by atoms with Gasteiger partial charge >= 0.3 is 0 Å². The molecule has 30 heavy (non-hydrogen) atoms. The summed E-state index contributed by atoms with van der Waals surface area (Å²) in [5.74, 6) is 3.05. The monoisotopic (exact) mass is 526 g/mol. The SMILES string of the molecule is CCNC(=NCc1nc(-c2ccc(OC)cc2)n[nH]1)NCC(C)(O)c1ccco1.I. The summed E-state index contributed by atoms with van der Waals surface area (Å²) in [5, 5.41) is 24.0. The van der Waals surface area contributed by atoms with Crippen LogP contribution in [-0.2, 0) is 12.1 Å². The number of aliphatic hydroxyl groups is 1. The van der Waals surface area contributed by atoms with Gasteiger partial charge in [0.15, 0.2) is 11.8 Å². The molecule has 3 rings (SSSR count). The number of aromatic amines is 1. The number of rotatable bonds is 8. The molecule has 0 bridgehead atoms. The van der Waals surface area contributed by atoms with Crippen molar-refractivity contribution in [2.24, 2.45) is 4.99 Å². The van der Waals surface area contributed by atoms with Crippen LogP contribution in [0.1, 0.15) is 25.4 Å². The summed E-state index contributed by atoms with van der Waals surface area (Å²) in [5.41, 5.74) is -0.273. The number of benzene rings is 1. The zero-order valence-electron chi connectivity index (χ0n) is 17.2.